The average molecular weight is 459 g/mol. The Balaban J connectivity index is 1.68. The summed E-state index contributed by atoms with van der Waals surface area (Å²) in [6.07, 6.45) is 4.53. The van der Waals surface area contributed by atoms with Crippen LogP contribution in [-0.2, 0) is 0 Å². The lowest BCUT2D eigenvalue weighted by atomic mass is 10.1. The van der Waals surface area contributed by atoms with Crippen molar-refractivity contribution in [3.05, 3.63) is 95.3 Å². The molecule has 3 aromatic rings. The molecule has 0 saturated heterocycles. The SMILES string of the molecule is COc1ccc([Si](C)(C)/C=C\c2ccc(/C=C\[Si](C)(C)c3ccc(OC)cc3)cc2)cc1. The second-order valence-corrected chi connectivity index (χ2v) is 17.9. The van der Waals surface area contributed by atoms with E-state index in [9.17, 15) is 0 Å². The predicted octanol–water partition coefficient (Wildman–Crippen LogP) is 6.04. The van der Waals surface area contributed by atoms with Crippen molar-refractivity contribution in [1.82, 2.24) is 0 Å². The smallest absolute Gasteiger partial charge is 0.118 e. The topological polar surface area (TPSA) is 18.5 Å². The highest BCUT2D eigenvalue weighted by molar-refractivity contribution is 6.94. The van der Waals surface area contributed by atoms with Crippen LogP contribution in [0.4, 0.5) is 0 Å². The molecule has 0 aliphatic carbocycles. The van der Waals surface area contributed by atoms with Gasteiger partial charge in [-0.05, 0) is 35.4 Å². The standard InChI is InChI=1S/C28H34O2Si2/c1-29-25-11-15-27(16-12-25)31(3,4)21-19-23-7-9-24(10-8-23)20-22-32(5,6)28-17-13-26(30-2)14-18-28/h7-22H,1-6H3/b21-19-,22-20-. The summed E-state index contributed by atoms with van der Waals surface area (Å²) in [7, 11) is 0.115. The fourth-order valence-electron chi connectivity index (χ4n) is 3.56. The Kier molecular flexibility index (Phi) is 7.59. The molecule has 166 valence electrons. The van der Waals surface area contributed by atoms with Crippen LogP contribution in [0.2, 0.25) is 26.2 Å². The molecular formula is C28H34O2Si2. The summed E-state index contributed by atoms with van der Waals surface area (Å²) in [5.41, 5.74) is 7.28. The number of rotatable bonds is 8. The summed E-state index contributed by atoms with van der Waals surface area (Å²) >= 11 is 0. The Hall–Kier alpha value is -2.83. The van der Waals surface area contributed by atoms with Crippen LogP contribution in [0.25, 0.3) is 12.2 Å². The molecule has 0 heterocycles. The van der Waals surface area contributed by atoms with Gasteiger partial charge >= 0.3 is 0 Å². The monoisotopic (exact) mass is 458 g/mol. The Morgan fingerprint density at radius 1 is 0.500 bits per heavy atom. The molecule has 0 atom stereocenters. The molecule has 0 unspecified atom stereocenters. The molecule has 32 heavy (non-hydrogen) atoms. The lowest BCUT2D eigenvalue weighted by molar-refractivity contribution is 0.415. The zero-order valence-corrected chi connectivity index (χ0v) is 22.1. The molecule has 0 saturated carbocycles. The van der Waals surface area contributed by atoms with Gasteiger partial charge in [0.1, 0.15) is 27.6 Å². The van der Waals surface area contributed by atoms with Gasteiger partial charge in [0.25, 0.3) is 0 Å². The Morgan fingerprint density at radius 2 is 0.812 bits per heavy atom. The first-order chi connectivity index (χ1) is 15.2. The molecule has 3 rings (SSSR count). The Morgan fingerprint density at radius 3 is 1.09 bits per heavy atom. The summed E-state index contributed by atoms with van der Waals surface area (Å²) in [6, 6.07) is 25.8. The summed E-state index contributed by atoms with van der Waals surface area (Å²) in [5.74, 6) is 1.81. The van der Waals surface area contributed by atoms with E-state index in [0.29, 0.717) is 0 Å². The van der Waals surface area contributed by atoms with Gasteiger partial charge in [-0.25, -0.2) is 0 Å². The Bertz CT molecular complexity index is 973. The van der Waals surface area contributed by atoms with Gasteiger partial charge in [0.05, 0.1) is 14.2 Å². The first kappa shape index (κ1) is 23.8. The van der Waals surface area contributed by atoms with Crippen LogP contribution < -0.4 is 19.8 Å². The van der Waals surface area contributed by atoms with E-state index in [2.05, 4.69) is 123 Å². The molecule has 0 spiro atoms. The summed E-state index contributed by atoms with van der Waals surface area (Å²) in [5, 5.41) is 2.81. The minimum atomic E-state index is -1.65. The number of ether oxygens (including phenoxy) is 2. The van der Waals surface area contributed by atoms with Gasteiger partial charge < -0.3 is 9.47 Å². The molecule has 0 fully saturated rings. The van der Waals surface area contributed by atoms with Gasteiger partial charge in [0, 0.05) is 0 Å². The highest BCUT2D eigenvalue weighted by Crippen LogP contribution is 2.16. The summed E-state index contributed by atoms with van der Waals surface area (Å²) < 4.78 is 10.6. The van der Waals surface area contributed by atoms with E-state index in [4.69, 9.17) is 9.47 Å². The molecule has 0 aromatic heterocycles. The van der Waals surface area contributed by atoms with Crippen molar-refractivity contribution in [2.24, 2.45) is 0 Å². The van der Waals surface area contributed by atoms with E-state index in [-0.39, 0.29) is 0 Å². The van der Waals surface area contributed by atoms with Gasteiger partial charge in [-0.15, -0.1) is 0 Å². The third-order valence-corrected chi connectivity index (χ3v) is 11.6. The average Bonchev–Trinajstić information content (AvgIpc) is 2.82. The molecule has 0 radical (unpaired) electrons. The largest absolute Gasteiger partial charge is 0.497 e. The molecule has 3 aromatic carbocycles. The van der Waals surface area contributed by atoms with Gasteiger partial charge in [0.2, 0.25) is 0 Å². The van der Waals surface area contributed by atoms with E-state index in [1.807, 2.05) is 0 Å². The predicted molar refractivity (Wildman–Crippen MR) is 145 cm³/mol. The lowest BCUT2D eigenvalue weighted by Gasteiger charge is -2.19. The van der Waals surface area contributed by atoms with Crippen molar-refractivity contribution < 1.29 is 9.47 Å². The third-order valence-electron chi connectivity index (χ3n) is 5.99. The molecule has 4 heteroatoms. The molecule has 0 bridgehead atoms. The first-order valence-corrected chi connectivity index (χ1v) is 17.2. The van der Waals surface area contributed by atoms with Crippen LogP contribution in [0.15, 0.2) is 84.2 Å². The maximum atomic E-state index is 5.29. The number of hydrogen-bond donors (Lipinski definition) is 0. The highest BCUT2D eigenvalue weighted by atomic mass is 28.3. The van der Waals surface area contributed by atoms with Gasteiger partial charge in [-0.2, -0.15) is 0 Å². The molecular weight excluding hydrogens is 424 g/mol. The molecule has 0 aliphatic heterocycles. The van der Waals surface area contributed by atoms with Crippen molar-refractivity contribution in [3.63, 3.8) is 0 Å². The van der Waals surface area contributed by atoms with E-state index in [1.165, 1.54) is 21.5 Å². The maximum absolute atomic E-state index is 5.29. The lowest BCUT2D eigenvalue weighted by Crippen LogP contribution is -2.39. The second kappa shape index (κ2) is 10.2. The van der Waals surface area contributed by atoms with Crippen molar-refractivity contribution in [2.75, 3.05) is 14.2 Å². The van der Waals surface area contributed by atoms with Crippen molar-refractivity contribution in [2.45, 2.75) is 26.2 Å². The van der Waals surface area contributed by atoms with Crippen molar-refractivity contribution in [1.29, 1.82) is 0 Å². The minimum absolute atomic E-state index is 0.907. The quantitative estimate of drug-likeness (QED) is 0.383. The zero-order chi connectivity index (χ0) is 23.2. The van der Waals surface area contributed by atoms with Crippen LogP contribution >= 0.6 is 0 Å². The fourth-order valence-corrected chi connectivity index (χ4v) is 7.22. The van der Waals surface area contributed by atoms with Crippen LogP contribution in [0.1, 0.15) is 11.1 Å². The molecule has 0 aliphatic rings. The van der Waals surface area contributed by atoms with Gasteiger partial charge in [-0.1, -0.05) is 109 Å². The summed E-state index contributed by atoms with van der Waals surface area (Å²) in [4.78, 5) is 0. The van der Waals surface area contributed by atoms with E-state index < -0.39 is 16.1 Å². The third kappa shape index (κ3) is 6.12. The van der Waals surface area contributed by atoms with Crippen LogP contribution in [0.3, 0.4) is 0 Å². The first-order valence-electron chi connectivity index (χ1n) is 11.0. The van der Waals surface area contributed by atoms with E-state index in [1.54, 1.807) is 14.2 Å². The van der Waals surface area contributed by atoms with Crippen LogP contribution in [0, 0.1) is 0 Å². The fraction of sp³-hybridized carbons (Fsp3) is 0.214. The molecule has 0 N–H and O–H groups in total. The van der Waals surface area contributed by atoms with Crippen molar-refractivity contribution >= 4 is 38.7 Å². The number of hydrogen-bond acceptors (Lipinski definition) is 2. The number of benzene rings is 3. The number of methoxy groups -OCH3 is 2. The second-order valence-electron chi connectivity index (χ2n) is 9.23. The van der Waals surface area contributed by atoms with Gasteiger partial charge in [-0.3, -0.25) is 0 Å². The van der Waals surface area contributed by atoms with Crippen LogP contribution in [0.5, 0.6) is 11.5 Å². The van der Waals surface area contributed by atoms with Crippen LogP contribution in [-0.4, -0.2) is 30.4 Å². The zero-order valence-electron chi connectivity index (χ0n) is 20.1. The highest BCUT2D eigenvalue weighted by Gasteiger charge is 2.20. The molecule has 2 nitrogen and oxygen atoms in total. The normalized spacial score (nSPS) is 12.4. The van der Waals surface area contributed by atoms with Gasteiger partial charge in [0.15, 0.2) is 0 Å². The van der Waals surface area contributed by atoms with Crippen molar-refractivity contribution in [3.8, 4) is 11.5 Å². The minimum Gasteiger partial charge on any atom is -0.497 e. The Labute approximate surface area is 195 Å². The molecule has 0 amide bonds. The maximum Gasteiger partial charge on any atom is 0.118 e. The van der Waals surface area contributed by atoms with E-state index >= 15 is 0 Å². The van der Waals surface area contributed by atoms with E-state index in [0.717, 1.165) is 11.5 Å². The summed E-state index contributed by atoms with van der Waals surface area (Å²) in [6.45, 7) is 9.48.